The number of halogens is 2. The smallest absolute Gasteiger partial charge is 0.226 e. The molecule has 1 aromatic carbocycles. The molecule has 1 N–H and O–H groups in total. The summed E-state index contributed by atoms with van der Waals surface area (Å²) in [5, 5.41) is 3.80. The second kappa shape index (κ2) is 6.55. The summed E-state index contributed by atoms with van der Waals surface area (Å²) in [7, 11) is 0. The molecular formula is C14H12Cl2N2O. The number of amides is 1. The molecule has 0 aliphatic rings. The molecule has 0 bridgehead atoms. The predicted molar refractivity (Wildman–Crippen MR) is 76.2 cm³/mol. The van der Waals surface area contributed by atoms with Gasteiger partial charge in [-0.15, -0.1) is 0 Å². The van der Waals surface area contributed by atoms with E-state index in [9.17, 15) is 4.79 Å². The van der Waals surface area contributed by atoms with Crippen LogP contribution in [-0.4, -0.2) is 10.9 Å². The maximum atomic E-state index is 11.7. The summed E-state index contributed by atoms with van der Waals surface area (Å²) in [6.07, 6.45) is 1.93. The van der Waals surface area contributed by atoms with E-state index in [1.807, 2.05) is 24.3 Å². The fourth-order valence-corrected chi connectivity index (χ4v) is 1.90. The second-order valence-corrected chi connectivity index (χ2v) is 4.84. The quantitative estimate of drug-likeness (QED) is 0.940. The number of hydrogen-bond donors (Lipinski definition) is 1. The predicted octanol–water partition coefficient (Wildman–Crippen LogP) is 3.25. The molecule has 1 aromatic heterocycles. The molecule has 0 aliphatic heterocycles. The van der Waals surface area contributed by atoms with Gasteiger partial charge in [0.25, 0.3) is 0 Å². The average molecular weight is 295 g/mol. The fraction of sp³-hybridized carbons (Fsp3) is 0.143. The molecule has 0 fully saturated rings. The van der Waals surface area contributed by atoms with Crippen molar-refractivity contribution in [1.29, 1.82) is 0 Å². The van der Waals surface area contributed by atoms with Crippen LogP contribution in [0.2, 0.25) is 10.0 Å². The Morgan fingerprint density at radius 3 is 2.68 bits per heavy atom. The average Bonchev–Trinajstić information content (AvgIpc) is 2.41. The van der Waals surface area contributed by atoms with Gasteiger partial charge in [0, 0.05) is 18.4 Å². The van der Waals surface area contributed by atoms with E-state index in [-0.39, 0.29) is 12.3 Å². The van der Waals surface area contributed by atoms with Gasteiger partial charge in [0.15, 0.2) is 0 Å². The Kier molecular flexibility index (Phi) is 4.77. The molecule has 2 aromatic rings. The third-order valence-electron chi connectivity index (χ3n) is 2.54. The Morgan fingerprint density at radius 1 is 1.16 bits per heavy atom. The lowest BCUT2D eigenvalue weighted by Gasteiger charge is -2.06. The molecule has 0 saturated heterocycles. The maximum Gasteiger partial charge on any atom is 0.226 e. The molecular weight excluding hydrogens is 283 g/mol. The van der Waals surface area contributed by atoms with Gasteiger partial charge in [0.2, 0.25) is 5.91 Å². The van der Waals surface area contributed by atoms with Crippen molar-refractivity contribution < 1.29 is 4.79 Å². The zero-order valence-corrected chi connectivity index (χ0v) is 11.6. The highest BCUT2D eigenvalue weighted by Crippen LogP contribution is 2.22. The van der Waals surface area contributed by atoms with Gasteiger partial charge in [0.05, 0.1) is 16.5 Å². The molecule has 2 rings (SSSR count). The van der Waals surface area contributed by atoms with Gasteiger partial charge in [-0.05, 0) is 29.8 Å². The Hall–Kier alpha value is -1.58. The number of carbonyl (C=O) groups is 1. The summed E-state index contributed by atoms with van der Waals surface area (Å²) in [5.41, 5.74) is 1.65. The van der Waals surface area contributed by atoms with Gasteiger partial charge in [-0.25, -0.2) is 0 Å². The van der Waals surface area contributed by atoms with E-state index < -0.39 is 0 Å². The monoisotopic (exact) mass is 294 g/mol. The summed E-state index contributed by atoms with van der Waals surface area (Å²) >= 11 is 11.7. The zero-order valence-electron chi connectivity index (χ0n) is 10.1. The van der Waals surface area contributed by atoms with Crippen LogP contribution in [0.1, 0.15) is 11.3 Å². The van der Waals surface area contributed by atoms with Crippen LogP contribution in [0.3, 0.4) is 0 Å². The number of hydrogen-bond acceptors (Lipinski definition) is 2. The lowest BCUT2D eigenvalue weighted by molar-refractivity contribution is -0.120. The number of pyridine rings is 1. The first-order chi connectivity index (χ1) is 9.15. The first-order valence-corrected chi connectivity index (χ1v) is 6.51. The molecule has 0 atom stereocenters. The molecule has 1 amide bonds. The largest absolute Gasteiger partial charge is 0.352 e. The van der Waals surface area contributed by atoms with Gasteiger partial charge in [-0.3, -0.25) is 9.78 Å². The van der Waals surface area contributed by atoms with E-state index in [1.54, 1.807) is 18.3 Å². The topological polar surface area (TPSA) is 42.0 Å². The molecule has 0 radical (unpaired) electrons. The lowest BCUT2D eigenvalue weighted by atomic mass is 10.2. The minimum atomic E-state index is -0.0789. The molecule has 98 valence electrons. The molecule has 5 heteroatoms. The van der Waals surface area contributed by atoms with E-state index in [4.69, 9.17) is 23.2 Å². The van der Waals surface area contributed by atoms with Gasteiger partial charge in [-0.2, -0.15) is 0 Å². The van der Waals surface area contributed by atoms with Gasteiger partial charge < -0.3 is 5.32 Å². The molecule has 0 aliphatic carbocycles. The van der Waals surface area contributed by atoms with Crippen molar-refractivity contribution in [2.75, 3.05) is 0 Å². The van der Waals surface area contributed by atoms with Gasteiger partial charge in [0.1, 0.15) is 0 Å². The van der Waals surface area contributed by atoms with Crippen molar-refractivity contribution in [1.82, 2.24) is 10.3 Å². The third kappa shape index (κ3) is 4.23. The maximum absolute atomic E-state index is 11.7. The van der Waals surface area contributed by atoms with Crippen LogP contribution in [0.25, 0.3) is 0 Å². The van der Waals surface area contributed by atoms with Crippen LogP contribution >= 0.6 is 23.2 Å². The highest BCUT2D eigenvalue weighted by Gasteiger charge is 2.05. The van der Waals surface area contributed by atoms with Crippen LogP contribution in [0.5, 0.6) is 0 Å². The molecule has 0 unspecified atom stereocenters. The van der Waals surface area contributed by atoms with Crippen molar-refractivity contribution in [3.05, 3.63) is 63.9 Å². The van der Waals surface area contributed by atoms with Crippen molar-refractivity contribution in [2.24, 2.45) is 0 Å². The number of nitrogens with zero attached hydrogens (tertiary/aromatic N) is 1. The summed E-state index contributed by atoms with van der Waals surface area (Å²) in [6.45, 7) is 0.419. The zero-order chi connectivity index (χ0) is 13.7. The van der Waals surface area contributed by atoms with E-state index >= 15 is 0 Å². The Balaban J connectivity index is 1.88. The highest BCUT2D eigenvalue weighted by atomic mass is 35.5. The number of carbonyl (C=O) groups excluding carboxylic acids is 1. The normalized spacial score (nSPS) is 10.2. The van der Waals surface area contributed by atoms with Crippen LogP contribution < -0.4 is 5.32 Å². The Labute approximate surface area is 121 Å². The van der Waals surface area contributed by atoms with Gasteiger partial charge >= 0.3 is 0 Å². The Bertz CT molecular complexity index is 573. The molecule has 19 heavy (non-hydrogen) atoms. The SMILES string of the molecule is O=C(Cc1ccccn1)NCc1ccc(Cl)c(Cl)c1. The first kappa shape index (κ1) is 13.8. The molecule has 1 heterocycles. The summed E-state index contributed by atoms with van der Waals surface area (Å²) in [4.78, 5) is 15.8. The lowest BCUT2D eigenvalue weighted by Crippen LogP contribution is -2.24. The summed E-state index contributed by atoms with van der Waals surface area (Å²) in [5.74, 6) is -0.0789. The van der Waals surface area contributed by atoms with Crippen molar-refractivity contribution >= 4 is 29.1 Å². The second-order valence-electron chi connectivity index (χ2n) is 4.02. The van der Waals surface area contributed by atoms with Gasteiger partial charge in [-0.1, -0.05) is 35.3 Å². The fourth-order valence-electron chi connectivity index (χ4n) is 1.58. The molecule has 0 spiro atoms. The number of nitrogens with one attached hydrogen (secondary N) is 1. The van der Waals surface area contributed by atoms with Crippen LogP contribution in [-0.2, 0) is 17.8 Å². The van der Waals surface area contributed by atoms with E-state index in [2.05, 4.69) is 10.3 Å². The standard InChI is InChI=1S/C14H12Cl2N2O/c15-12-5-4-10(7-13(12)16)9-18-14(19)8-11-3-1-2-6-17-11/h1-7H,8-9H2,(H,18,19). The van der Waals surface area contributed by atoms with Crippen molar-refractivity contribution in [3.63, 3.8) is 0 Å². The summed E-state index contributed by atoms with van der Waals surface area (Å²) in [6, 6.07) is 10.8. The minimum absolute atomic E-state index is 0.0789. The van der Waals surface area contributed by atoms with Crippen LogP contribution in [0.4, 0.5) is 0 Å². The molecule has 0 saturated carbocycles. The van der Waals surface area contributed by atoms with Crippen molar-refractivity contribution in [2.45, 2.75) is 13.0 Å². The highest BCUT2D eigenvalue weighted by molar-refractivity contribution is 6.42. The van der Waals surface area contributed by atoms with E-state index in [0.29, 0.717) is 16.6 Å². The minimum Gasteiger partial charge on any atom is -0.352 e. The number of rotatable bonds is 4. The van der Waals surface area contributed by atoms with Crippen LogP contribution in [0, 0.1) is 0 Å². The first-order valence-electron chi connectivity index (χ1n) is 5.75. The van der Waals surface area contributed by atoms with Crippen molar-refractivity contribution in [3.8, 4) is 0 Å². The van der Waals surface area contributed by atoms with E-state index in [0.717, 1.165) is 11.3 Å². The van der Waals surface area contributed by atoms with Crippen LogP contribution in [0.15, 0.2) is 42.6 Å². The van der Waals surface area contributed by atoms with E-state index in [1.165, 1.54) is 0 Å². The number of aromatic nitrogens is 1. The number of benzene rings is 1. The molecule has 3 nitrogen and oxygen atoms in total. The Morgan fingerprint density at radius 2 is 2.00 bits per heavy atom. The summed E-state index contributed by atoms with van der Waals surface area (Å²) < 4.78 is 0. The third-order valence-corrected chi connectivity index (χ3v) is 3.28.